The summed E-state index contributed by atoms with van der Waals surface area (Å²) in [7, 11) is 0. The van der Waals surface area contributed by atoms with Crippen molar-refractivity contribution in [3.05, 3.63) is 35.0 Å². The molecule has 1 aliphatic heterocycles. The summed E-state index contributed by atoms with van der Waals surface area (Å²) in [4.78, 5) is 28.7. The largest absolute Gasteiger partial charge is 0.491 e. The second-order valence-electron chi connectivity index (χ2n) is 8.90. The van der Waals surface area contributed by atoms with Crippen LogP contribution in [0.1, 0.15) is 40.0 Å². The first kappa shape index (κ1) is 27.5. The Labute approximate surface area is 206 Å². The van der Waals surface area contributed by atoms with Crippen molar-refractivity contribution in [3.63, 3.8) is 0 Å². The lowest BCUT2D eigenvalue weighted by Gasteiger charge is -2.36. The minimum absolute atomic E-state index is 0.0500. The Balaban J connectivity index is 2.00. The normalized spacial score (nSPS) is 14.9. The van der Waals surface area contributed by atoms with Gasteiger partial charge in [0.25, 0.3) is 5.91 Å². The van der Waals surface area contributed by atoms with Crippen LogP contribution in [0.3, 0.4) is 0 Å². The molecule has 4 N–H and O–H groups in total. The number of ether oxygens (including phenoxy) is 2. The van der Waals surface area contributed by atoms with Crippen LogP contribution in [0.15, 0.2) is 35.0 Å². The van der Waals surface area contributed by atoms with Crippen LogP contribution >= 0.6 is 11.6 Å². The number of hydrogen-bond acceptors (Lipinski definition) is 6. The molecule has 34 heavy (non-hydrogen) atoms. The number of nitrogens with one attached hydrogen (secondary N) is 1. The number of amides is 2. The fourth-order valence-electron chi connectivity index (χ4n) is 3.34. The summed E-state index contributed by atoms with van der Waals surface area (Å²) >= 11 is 6.43. The first-order chi connectivity index (χ1) is 16.2. The highest BCUT2D eigenvalue weighted by atomic mass is 35.5. The molecule has 0 atom stereocenters. The highest BCUT2D eigenvalue weighted by molar-refractivity contribution is 6.45. The Morgan fingerprint density at radius 1 is 1.12 bits per heavy atom. The third-order valence-corrected chi connectivity index (χ3v) is 5.41. The third kappa shape index (κ3) is 8.53. The van der Waals surface area contributed by atoms with Crippen LogP contribution < -0.4 is 15.5 Å². The average molecular weight is 496 g/mol. The van der Waals surface area contributed by atoms with E-state index in [1.165, 1.54) is 6.21 Å². The van der Waals surface area contributed by atoms with E-state index in [1.54, 1.807) is 23.1 Å². The molecule has 0 aromatic heterocycles. The number of nitrogens with zero attached hydrogens (tertiary/aromatic N) is 2. The number of unbranched alkanes of at least 4 members (excludes halogenated alkanes) is 2. The van der Waals surface area contributed by atoms with Crippen molar-refractivity contribution in [1.82, 2.24) is 9.80 Å². The van der Waals surface area contributed by atoms with E-state index < -0.39 is 11.5 Å². The van der Waals surface area contributed by atoms with Crippen LogP contribution in [0.25, 0.3) is 0 Å². The molecule has 0 aliphatic carbocycles. The van der Waals surface area contributed by atoms with E-state index >= 15 is 0 Å². The second kappa shape index (κ2) is 13.2. The van der Waals surface area contributed by atoms with Gasteiger partial charge in [0.05, 0.1) is 12.3 Å². The lowest BCUT2D eigenvalue weighted by molar-refractivity contribution is -0.113. The monoisotopic (exact) mass is 495 g/mol. The lowest BCUT2D eigenvalue weighted by atomic mass is 10.2. The summed E-state index contributed by atoms with van der Waals surface area (Å²) in [6.45, 7) is 7.86. The minimum Gasteiger partial charge on any atom is -0.491 e. The van der Waals surface area contributed by atoms with Crippen LogP contribution in [0.4, 0.5) is 10.5 Å². The van der Waals surface area contributed by atoms with Gasteiger partial charge in [-0.05, 0) is 52.2 Å². The van der Waals surface area contributed by atoms with Crippen molar-refractivity contribution in [3.8, 4) is 5.75 Å². The number of aliphatic hydroxyl groups excluding tert-OH is 1. The van der Waals surface area contributed by atoms with Gasteiger partial charge in [0.1, 0.15) is 22.1 Å². The lowest BCUT2D eigenvalue weighted by Crippen LogP contribution is -2.51. The van der Waals surface area contributed by atoms with Crippen LogP contribution in [-0.2, 0) is 9.53 Å². The van der Waals surface area contributed by atoms with Crippen LogP contribution in [0, 0.1) is 0 Å². The molecule has 1 aromatic rings. The van der Waals surface area contributed by atoms with Gasteiger partial charge in [-0.1, -0.05) is 23.7 Å². The van der Waals surface area contributed by atoms with Gasteiger partial charge in [0.15, 0.2) is 6.21 Å². The van der Waals surface area contributed by atoms with E-state index in [0.717, 1.165) is 19.3 Å². The van der Waals surface area contributed by atoms with Gasteiger partial charge in [0, 0.05) is 32.8 Å². The Morgan fingerprint density at radius 3 is 2.38 bits per heavy atom. The van der Waals surface area contributed by atoms with Crippen molar-refractivity contribution >= 4 is 35.5 Å². The highest BCUT2D eigenvalue weighted by Crippen LogP contribution is 2.26. The maximum absolute atomic E-state index is 12.9. The van der Waals surface area contributed by atoms with Gasteiger partial charge >= 0.3 is 6.09 Å². The van der Waals surface area contributed by atoms with E-state index in [-0.39, 0.29) is 17.7 Å². The predicted molar refractivity (Wildman–Crippen MR) is 132 cm³/mol. The van der Waals surface area contributed by atoms with E-state index in [4.69, 9.17) is 31.6 Å². The second-order valence-corrected chi connectivity index (χ2v) is 9.28. The fourth-order valence-corrected chi connectivity index (χ4v) is 3.57. The molecule has 0 saturated carbocycles. The molecular formula is C24H36ClN4O5+. The standard InChI is InChI=1S/C24H35ClN4O5/c1-24(2,3)34-23(32)29-13-11-28(12-14-29)19(17-26)21(25)22(31)27-18-9-5-6-10-20(18)33-16-8-4-7-15-30/h5-6,9-10,17,26,30H,4,7-8,11-16H2,1-3H3,(H,27,31)/p+1/b21-19-,26-17?. The molecule has 1 fully saturated rings. The molecule has 0 unspecified atom stereocenters. The number of allylic oxidation sites excluding steroid dienone is 1. The summed E-state index contributed by atoms with van der Waals surface area (Å²) in [5.41, 5.74) is 0.329. The molecule has 10 heteroatoms. The van der Waals surface area contributed by atoms with E-state index in [1.807, 2.05) is 31.7 Å². The van der Waals surface area contributed by atoms with Gasteiger partial charge in [0.2, 0.25) is 0 Å². The highest BCUT2D eigenvalue weighted by Gasteiger charge is 2.28. The van der Waals surface area contributed by atoms with E-state index in [0.29, 0.717) is 49.9 Å². The third-order valence-electron chi connectivity index (χ3n) is 5.05. The molecule has 2 amide bonds. The number of rotatable bonds is 10. The Hall–Kier alpha value is -2.78. The van der Waals surface area contributed by atoms with Gasteiger partial charge in [-0.25, -0.2) is 4.79 Å². The smallest absolute Gasteiger partial charge is 0.410 e. The molecule has 9 nitrogen and oxygen atoms in total. The number of carbonyl (C=O) groups excluding carboxylic acids is 2. The maximum atomic E-state index is 12.9. The SMILES string of the molecule is CC(C)(C)OC(=O)N1CCN(/C(C=[NH2+])=C(\Cl)C(=O)Nc2ccccc2OCCCCCO)CC1. The number of carbonyl (C=O) groups is 2. The zero-order chi connectivity index (χ0) is 25.1. The summed E-state index contributed by atoms with van der Waals surface area (Å²) < 4.78 is 11.2. The number of aliphatic hydroxyl groups is 1. The van der Waals surface area contributed by atoms with E-state index in [2.05, 4.69) is 5.32 Å². The van der Waals surface area contributed by atoms with Crippen molar-refractivity contribution in [2.24, 2.45) is 0 Å². The van der Waals surface area contributed by atoms with Crippen LogP contribution in [0.5, 0.6) is 5.75 Å². The number of piperazine rings is 1. The molecule has 0 spiro atoms. The van der Waals surface area contributed by atoms with E-state index in [9.17, 15) is 9.59 Å². The number of benzene rings is 1. The molecule has 2 rings (SSSR count). The Kier molecular flexibility index (Phi) is 10.7. The van der Waals surface area contributed by atoms with Crippen molar-refractivity contribution < 1.29 is 29.6 Å². The number of anilines is 1. The zero-order valence-corrected chi connectivity index (χ0v) is 20.9. The van der Waals surface area contributed by atoms with Crippen molar-refractivity contribution in [2.45, 2.75) is 45.6 Å². The maximum Gasteiger partial charge on any atom is 0.410 e. The van der Waals surface area contributed by atoms with Gasteiger partial charge in [-0.15, -0.1) is 0 Å². The number of halogens is 1. The molecule has 0 radical (unpaired) electrons. The predicted octanol–water partition coefficient (Wildman–Crippen LogP) is 2.00. The summed E-state index contributed by atoms with van der Waals surface area (Å²) in [5, 5.41) is 17.4. The first-order valence-electron chi connectivity index (χ1n) is 11.5. The van der Waals surface area contributed by atoms with Gasteiger partial charge in [-0.2, -0.15) is 0 Å². The average Bonchev–Trinajstić information content (AvgIpc) is 2.79. The summed E-state index contributed by atoms with van der Waals surface area (Å²) in [6.07, 6.45) is 3.31. The molecule has 188 valence electrons. The zero-order valence-electron chi connectivity index (χ0n) is 20.2. The fraction of sp³-hybridized carbons (Fsp3) is 0.542. The number of hydrogen-bond donors (Lipinski definition) is 3. The molecular weight excluding hydrogens is 460 g/mol. The van der Waals surface area contributed by atoms with Gasteiger partial charge in [-0.3, -0.25) is 10.2 Å². The van der Waals surface area contributed by atoms with Gasteiger partial charge < -0.3 is 29.7 Å². The molecule has 1 aliphatic rings. The quantitative estimate of drug-likeness (QED) is 0.260. The van der Waals surface area contributed by atoms with Crippen LogP contribution in [-0.4, -0.2) is 78.1 Å². The van der Waals surface area contributed by atoms with Crippen LogP contribution in [0.2, 0.25) is 0 Å². The molecule has 1 heterocycles. The number of para-hydroxylation sites is 2. The van der Waals surface area contributed by atoms with Crippen molar-refractivity contribution in [1.29, 1.82) is 0 Å². The summed E-state index contributed by atoms with van der Waals surface area (Å²) in [5.74, 6) is 0.0258. The minimum atomic E-state index is -0.564. The topological polar surface area (TPSA) is 117 Å². The number of nitrogens with two attached hydrogens (primary N) is 1. The Morgan fingerprint density at radius 2 is 1.76 bits per heavy atom. The first-order valence-corrected chi connectivity index (χ1v) is 11.9. The molecule has 1 saturated heterocycles. The van der Waals surface area contributed by atoms with Crippen molar-refractivity contribution in [2.75, 3.05) is 44.7 Å². The summed E-state index contributed by atoms with van der Waals surface area (Å²) in [6, 6.07) is 7.11. The molecule has 1 aromatic carbocycles. The molecule has 0 bridgehead atoms. The Bertz CT molecular complexity index is 876.